The number of anilines is 1. The van der Waals surface area contributed by atoms with E-state index >= 15 is 0 Å². The summed E-state index contributed by atoms with van der Waals surface area (Å²) >= 11 is 0. The van der Waals surface area contributed by atoms with Crippen LogP contribution in [-0.4, -0.2) is 32.1 Å². The van der Waals surface area contributed by atoms with Crippen LogP contribution in [0.15, 0.2) is 61.1 Å². The topological polar surface area (TPSA) is 106 Å². The summed E-state index contributed by atoms with van der Waals surface area (Å²) in [5, 5.41) is 4.98. The van der Waals surface area contributed by atoms with Gasteiger partial charge in [-0.1, -0.05) is 6.07 Å². The number of nitrogens with zero attached hydrogens (tertiary/aromatic N) is 3. The Morgan fingerprint density at radius 2 is 1.74 bits per heavy atom. The number of aryl methyl sites for hydroxylation is 1. The summed E-state index contributed by atoms with van der Waals surface area (Å²) in [5.74, 6) is -1.47. The third kappa shape index (κ3) is 4.43. The lowest BCUT2D eigenvalue weighted by Crippen LogP contribution is -2.35. The number of imidazole rings is 1. The van der Waals surface area contributed by atoms with Crippen LogP contribution in [0.25, 0.3) is 0 Å². The highest BCUT2D eigenvalue weighted by Crippen LogP contribution is 2.13. The van der Waals surface area contributed by atoms with Crippen molar-refractivity contribution in [2.45, 2.75) is 6.54 Å². The van der Waals surface area contributed by atoms with E-state index < -0.39 is 11.8 Å². The zero-order valence-corrected chi connectivity index (χ0v) is 14.5. The molecule has 0 aliphatic rings. The number of aromatic nitrogens is 3. The average Bonchev–Trinajstić information content (AvgIpc) is 3.12. The molecule has 2 N–H and O–H groups in total. The third-order valence-corrected chi connectivity index (χ3v) is 3.79. The van der Waals surface area contributed by atoms with Gasteiger partial charge in [-0.05, 0) is 36.4 Å². The molecule has 3 aromatic rings. The molecular formula is C19H17N5O3. The Morgan fingerprint density at radius 1 is 0.963 bits per heavy atom. The largest absolute Gasteiger partial charge is 0.342 e. The smallest absolute Gasteiger partial charge is 0.313 e. The molecule has 2 amide bonds. The summed E-state index contributed by atoms with van der Waals surface area (Å²) in [6, 6.07) is 11.6. The number of benzene rings is 1. The average molecular weight is 363 g/mol. The molecule has 8 heteroatoms. The molecule has 136 valence electrons. The van der Waals surface area contributed by atoms with Crippen LogP contribution >= 0.6 is 0 Å². The Labute approximate surface area is 155 Å². The van der Waals surface area contributed by atoms with E-state index in [0.717, 1.165) is 0 Å². The quantitative estimate of drug-likeness (QED) is 0.525. The molecule has 27 heavy (non-hydrogen) atoms. The Kier molecular flexibility index (Phi) is 5.36. The van der Waals surface area contributed by atoms with Crippen molar-refractivity contribution < 1.29 is 14.4 Å². The molecular weight excluding hydrogens is 346 g/mol. The number of pyridine rings is 1. The van der Waals surface area contributed by atoms with E-state index in [1.54, 1.807) is 72.7 Å². The van der Waals surface area contributed by atoms with Crippen molar-refractivity contribution in [3.05, 3.63) is 78.1 Å². The molecule has 0 aliphatic heterocycles. The van der Waals surface area contributed by atoms with Crippen LogP contribution in [0.2, 0.25) is 0 Å². The lowest BCUT2D eigenvalue weighted by molar-refractivity contribution is -0.136. The van der Waals surface area contributed by atoms with Gasteiger partial charge in [0.25, 0.3) is 0 Å². The number of hydrogen-bond acceptors (Lipinski definition) is 5. The highest BCUT2D eigenvalue weighted by Gasteiger charge is 2.16. The first-order chi connectivity index (χ1) is 13.0. The van der Waals surface area contributed by atoms with E-state index in [4.69, 9.17) is 0 Å². The molecule has 0 spiro atoms. The second-order valence-electron chi connectivity index (χ2n) is 5.73. The molecule has 2 heterocycles. The van der Waals surface area contributed by atoms with Gasteiger partial charge in [0.05, 0.1) is 12.2 Å². The Hall–Kier alpha value is -3.81. The molecule has 0 atom stereocenters. The fourth-order valence-electron chi connectivity index (χ4n) is 2.36. The van der Waals surface area contributed by atoms with Crippen molar-refractivity contribution in [2.75, 3.05) is 5.32 Å². The van der Waals surface area contributed by atoms with Crippen LogP contribution in [0, 0.1) is 0 Å². The number of hydrogen-bond donors (Lipinski definition) is 2. The number of ketones is 1. The van der Waals surface area contributed by atoms with E-state index in [0.29, 0.717) is 22.8 Å². The van der Waals surface area contributed by atoms with Gasteiger partial charge in [0, 0.05) is 36.9 Å². The van der Waals surface area contributed by atoms with Gasteiger partial charge in [-0.3, -0.25) is 19.4 Å². The molecule has 0 fully saturated rings. The van der Waals surface area contributed by atoms with E-state index in [1.807, 2.05) is 0 Å². The SMILES string of the molecule is Cn1ccnc1C(=O)c1ccc(NC(=O)C(=O)NCc2ccccn2)cc1. The highest BCUT2D eigenvalue weighted by atomic mass is 16.2. The molecule has 0 aliphatic carbocycles. The fraction of sp³-hybridized carbons (Fsp3) is 0.105. The van der Waals surface area contributed by atoms with Crippen molar-refractivity contribution in [2.24, 2.45) is 7.05 Å². The fourth-order valence-corrected chi connectivity index (χ4v) is 2.36. The van der Waals surface area contributed by atoms with Crippen molar-refractivity contribution in [3.8, 4) is 0 Å². The van der Waals surface area contributed by atoms with Crippen LogP contribution in [0.3, 0.4) is 0 Å². The molecule has 3 rings (SSSR count). The van der Waals surface area contributed by atoms with Gasteiger partial charge in [-0.15, -0.1) is 0 Å². The van der Waals surface area contributed by atoms with Crippen molar-refractivity contribution in [1.29, 1.82) is 0 Å². The van der Waals surface area contributed by atoms with Crippen LogP contribution in [0.1, 0.15) is 21.9 Å². The first-order valence-corrected chi connectivity index (χ1v) is 8.16. The Bertz CT molecular complexity index is 965. The van der Waals surface area contributed by atoms with E-state index in [1.165, 1.54) is 0 Å². The van der Waals surface area contributed by atoms with Crippen LogP contribution in [-0.2, 0) is 23.2 Å². The second-order valence-corrected chi connectivity index (χ2v) is 5.73. The van der Waals surface area contributed by atoms with Gasteiger partial charge in [-0.2, -0.15) is 0 Å². The van der Waals surface area contributed by atoms with Gasteiger partial charge < -0.3 is 15.2 Å². The lowest BCUT2D eigenvalue weighted by atomic mass is 10.1. The molecule has 0 radical (unpaired) electrons. The zero-order chi connectivity index (χ0) is 19.2. The van der Waals surface area contributed by atoms with Crippen molar-refractivity contribution in [1.82, 2.24) is 19.9 Å². The summed E-state index contributed by atoms with van der Waals surface area (Å²) in [5.41, 5.74) is 1.49. The minimum atomic E-state index is -0.797. The van der Waals surface area contributed by atoms with Gasteiger partial charge in [0.1, 0.15) is 0 Å². The number of nitrogens with one attached hydrogen (secondary N) is 2. The molecule has 0 bridgehead atoms. The lowest BCUT2D eigenvalue weighted by Gasteiger charge is -2.07. The number of carbonyl (C=O) groups excluding carboxylic acids is 3. The molecule has 1 aromatic carbocycles. The molecule has 0 saturated carbocycles. The maximum Gasteiger partial charge on any atom is 0.313 e. The number of carbonyl (C=O) groups is 3. The maximum atomic E-state index is 12.3. The Balaban J connectivity index is 1.57. The summed E-state index contributed by atoms with van der Waals surface area (Å²) in [7, 11) is 1.73. The number of rotatable bonds is 5. The van der Waals surface area contributed by atoms with Crippen molar-refractivity contribution >= 4 is 23.3 Å². The minimum absolute atomic E-state index is 0.157. The predicted octanol–water partition coefficient (Wildman–Crippen LogP) is 1.30. The molecule has 2 aromatic heterocycles. The Morgan fingerprint density at radius 3 is 2.37 bits per heavy atom. The summed E-state index contributed by atoms with van der Waals surface area (Å²) in [6.45, 7) is 0.157. The standard InChI is InChI=1S/C19H17N5O3/c1-24-11-10-21-17(24)16(25)13-5-7-14(8-6-13)23-19(27)18(26)22-12-15-4-2-3-9-20-15/h2-11H,12H2,1H3,(H,22,26)(H,23,27). The van der Waals surface area contributed by atoms with Gasteiger partial charge in [-0.25, -0.2) is 4.98 Å². The van der Waals surface area contributed by atoms with Gasteiger partial charge >= 0.3 is 11.8 Å². The van der Waals surface area contributed by atoms with Crippen LogP contribution < -0.4 is 10.6 Å². The molecule has 8 nitrogen and oxygen atoms in total. The highest BCUT2D eigenvalue weighted by molar-refractivity contribution is 6.39. The normalized spacial score (nSPS) is 10.3. The zero-order valence-electron chi connectivity index (χ0n) is 14.5. The summed E-state index contributed by atoms with van der Waals surface area (Å²) in [6.07, 6.45) is 4.84. The van der Waals surface area contributed by atoms with Crippen LogP contribution in [0.4, 0.5) is 5.69 Å². The van der Waals surface area contributed by atoms with Gasteiger partial charge in [0.15, 0.2) is 5.82 Å². The van der Waals surface area contributed by atoms with Crippen molar-refractivity contribution in [3.63, 3.8) is 0 Å². The maximum absolute atomic E-state index is 12.3. The first-order valence-electron chi connectivity index (χ1n) is 8.16. The monoisotopic (exact) mass is 363 g/mol. The van der Waals surface area contributed by atoms with Gasteiger partial charge in [0.2, 0.25) is 5.78 Å². The summed E-state index contributed by atoms with van der Waals surface area (Å²) < 4.78 is 1.63. The minimum Gasteiger partial charge on any atom is -0.342 e. The third-order valence-electron chi connectivity index (χ3n) is 3.79. The van der Waals surface area contributed by atoms with E-state index in [-0.39, 0.29) is 12.3 Å². The molecule has 0 saturated heterocycles. The van der Waals surface area contributed by atoms with E-state index in [2.05, 4.69) is 20.6 Å². The predicted molar refractivity (Wildman–Crippen MR) is 97.8 cm³/mol. The second kappa shape index (κ2) is 8.05. The molecule has 0 unspecified atom stereocenters. The van der Waals surface area contributed by atoms with E-state index in [9.17, 15) is 14.4 Å². The van der Waals surface area contributed by atoms with Crippen LogP contribution in [0.5, 0.6) is 0 Å². The number of amides is 2. The summed E-state index contributed by atoms with van der Waals surface area (Å²) in [4.78, 5) is 44.3. The first kappa shape index (κ1) is 18.0.